The zero-order valence-electron chi connectivity index (χ0n) is 18.0. The monoisotopic (exact) mass is 482 g/mol. The van der Waals surface area contributed by atoms with Gasteiger partial charge >= 0.3 is 0 Å². The van der Waals surface area contributed by atoms with Crippen LogP contribution in [0.2, 0.25) is 0 Å². The summed E-state index contributed by atoms with van der Waals surface area (Å²) in [6.45, 7) is 0. The number of hydrogen-bond donors (Lipinski definition) is 0. The van der Waals surface area contributed by atoms with Gasteiger partial charge in [0.15, 0.2) is 23.3 Å². The van der Waals surface area contributed by atoms with Gasteiger partial charge in [0, 0.05) is 11.1 Å². The minimum atomic E-state index is -2.32. The first kappa shape index (κ1) is 23.7. The van der Waals surface area contributed by atoms with E-state index in [1.165, 1.54) is 13.2 Å². The lowest BCUT2D eigenvalue weighted by Crippen LogP contribution is -2.08. The minimum Gasteiger partial charge on any atom is -0.481 e. The van der Waals surface area contributed by atoms with Crippen molar-refractivity contribution in [1.82, 2.24) is 4.98 Å². The summed E-state index contributed by atoms with van der Waals surface area (Å²) in [6.07, 6.45) is 0.494. The van der Waals surface area contributed by atoms with Gasteiger partial charge in [-0.3, -0.25) is 4.79 Å². The molecule has 4 aromatic rings. The van der Waals surface area contributed by atoms with Crippen LogP contribution in [0.4, 0.5) is 27.6 Å². The number of carbonyl (C=O) groups is 1. The molecule has 0 aliphatic carbocycles. The Labute approximate surface area is 196 Å². The van der Waals surface area contributed by atoms with Crippen molar-refractivity contribution in [3.63, 3.8) is 0 Å². The van der Waals surface area contributed by atoms with Gasteiger partial charge in [-0.05, 0) is 11.6 Å². The van der Waals surface area contributed by atoms with Crippen molar-refractivity contribution in [2.45, 2.75) is 0 Å². The highest BCUT2D eigenvalue weighted by Crippen LogP contribution is 2.36. The van der Waals surface area contributed by atoms with Gasteiger partial charge in [0.25, 0.3) is 0 Å². The van der Waals surface area contributed by atoms with E-state index in [-0.39, 0.29) is 17.0 Å². The molecule has 0 unspecified atom stereocenters. The third-order valence-electron chi connectivity index (χ3n) is 5.07. The normalized spacial score (nSPS) is 11.1. The first-order valence-corrected chi connectivity index (χ1v) is 10.1. The molecule has 0 aliphatic heterocycles. The molecule has 0 fully saturated rings. The maximum atomic E-state index is 14.0. The van der Waals surface area contributed by atoms with Gasteiger partial charge in [-0.25, -0.2) is 31.9 Å². The summed E-state index contributed by atoms with van der Waals surface area (Å²) in [6, 6.07) is 18.8. The van der Waals surface area contributed by atoms with Gasteiger partial charge in [0.1, 0.15) is 5.69 Å². The van der Waals surface area contributed by atoms with E-state index in [0.29, 0.717) is 23.0 Å². The smallest absolute Gasteiger partial charge is 0.222 e. The molecule has 1 heterocycles. The average molecular weight is 482 g/mol. The third kappa shape index (κ3) is 4.52. The highest BCUT2D eigenvalue weighted by atomic mass is 19.2. The SMILES string of the molecule is COc1nc(-c2ccccc2)cc(C(=O)C=Nc2c(F)c(F)c(F)c(F)c2F)c1-c1ccccc1. The van der Waals surface area contributed by atoms with Crippen molar-refractivity contribution in [3.8, 4) is 28.3 Å². The van der Waals surface area contributed by atoms with E-state index in [2.05, 4.69) is 9.98 Å². The van der Waals surface area contributed by atoms with Crippen molar-refractivity contribution in [1.29, 1.82) is 0 Å². The fourth-order valence-electron chi connectivity index (χ4n) is 3.40. The van der Waals surface area contributed by atoms with Crippen LogP contribution in [0.1, 0.15) is 10.4 Å². The van der Waals surface area contributed by atoms with Crippen LogP contribution < -0.4 is 4.74 Å². The topological polar surface area (TPSA) is 51.5 Å². The van der Waals surface area contributed by atoms with Crippen LogP contribution in [0, 0.1) is 29.1 Å². The number of aromatic nitrogens is 1. The summed E-state index contributed by atoms with van der Waals surface area (Å²) in [5, 5.41) is 0. The summed E-state index contributed by atoms with van der Waals surface area (Å²) in [7, 11) is 1.36. The van der Waals surface area contributed by atoms with E-state index in [4.69, 9.17) is 4.74 Å². The Morgan fingerprint density at radius 3 is 1.86 bits per heavy atom. The Hall–Kier alpha value is -4.40. The molecule has 0 radical (unpaired) electrons. The van der Waals surface area contributed by atoms with Crippen molar-refractivity contribution >= 4 is 17.7 Å². The average Bonchev–Trinajstić information content (AvgIpc) is 2.90. The fourth-order valence-corrected chi connectivity index (χ4v) is 3.40. The first-order chi connectivity index (χ1) is 16.8. The number of halogens is 5. The number of methoxy groups -OCH3 is 1. The number of rotatable bonds is 6. The van der Waals surface area contributed by atoms with Crippen LogP contribution in [-0.2, 0) is 0 Å². The van der Waals surface area contributed by atoms with Gasteiger partial charge in [-0.1, -0.05) is 60.7 Å². The van der Waals surface area contributed by atoms with Gasteiger partial charge in [0.05, 0.1) is 24.6 Å². The van der Waals surface area contributed by atoms with Gasteiger partial charge in [-0.2, -0.15) is 0 Å². The molecule has 4 nitrogen and oxygen atoms in total. The molecule has 0 aliphatic rings. The molecule has 0 atom stereocenters. The number of hydrogen-bond acceptors (Lipinski definition) is 4. The number of carbonyl (C=O) groups excluding carboxylic acids is 1. The Bertz CT molecular complexity index is 1410. The van der Waals surface area contributed by atoms with Crippen LogP contribution in [0.5, 0.6) is 5.88 Å². The van der Waals surface area contributed by atoms with Crippen molar-refractivity contribution < 1.29 is 31.5 Å². The molecule has 35 heavy (non-hydrogen) atoms. The number of aliphatic imine (C=N–C) groups is 1. The molecule has 0 spiro atoms. The second-order valence-electron chi connectivity index (χ2n) is 7.21. The van der Waals surface area contributed by atoms with Crippen LogP contribution in [0.3, 0.4) is 0 Å². The molecule has 0 N–H and O–H groups in total. The van der Waals surface area contributed by atoms with E-state index in [1.54, 1.807) is 60.7 Å². The predicted octanol–water partition coefficient (Wildman–Crippen LogP) is 6.70. The molecule has 9 heteroatoms. The van der Waals surface area contributed by atoms with E-state index in [0.717, 1.165) is 0 Å². The summed E-state index contributed by atoms with van der Waals surface area (Å²) >= 11 is 0. The summed E-state index contributed by atoms with van der Waals surface area (Å²) in [5.74, 6) is -11.7. The second-order valence-corrected chi connectivity index (χ2v) is 7.21. The van der Waals surface area contributed by atoms with Gasteiger partial charge < -0.3 is 4.74 Å². The van der Waals surface area contributed by atoms with E-state index < -0.39 is 40.6 Å². The number of ketones is 1. The first-order valence-electron chi connectivity index (χ1n) is 10.1. The van der Waals surface area contributed by atoms with Crippen molar-refractivity contribution in [2.24, 2.45) is 4.99 Å². The molecule has 0 saturated heterocycles. The number of Topliss-reactive ketones (excluding diaryl/α,β-unsaturated/α-hetero) is 1. The predicted molar refractivity (Wildman–Crippen MR) is 120 cm³/mol. The molecule has 1 aromatic heterocycles. The quantitative estimate of drug-likeness (QED) is 0.101. The molecule has 0 bridgehead atoms. The highest BCUT2D eigenvalue weighted by molar-refractivity contribution is 6.37. The van der Waals surface area contributed by atoms with Crippen LogP contribution in [-0.4, -0.2) is 24.1 Å². The molecular formula is C26H15F5N2O2. The lowest BCUT2D eigenvalue weighted by atomic mass is 9.96. The minimum absolute atomic E-state index is 0.00507. The Balaban J connectivity index is 1.89. The lowest BCUT2D eigenvalue weighted by molar-refractivity contribution is 0.107. The Morgan fingerprint density at radius 1 is 0.800 bits per heavy atom. The molecule has 3 aromatic carbocycles. The Morgan fingerprint density at radius 2 is 1.31 bits per heavy atom. The Kier molecular flexibility index (Phi) is 6.68. The van der Waals surface area contributed by atoms with Gasteiger partial charge in [0.2, 0.25) is 17.5 Å². The van der Waals surface area contributed by atoms with Crippen molar-refractivity contribution in [2.75, 3.05) is 7.11 Å². The lowest BCUT2D eigenvalue weighted by Gasteiger charge is -2.14. The number of pyridine rings is 1. The van der Waals surface area contributed by atoms with Gasteiger partial charge in [-0.15, -0.1) is 0 Å². The molecule has 0 saturated carbocycles. The maximum absolute atomic E-state index is 14.0. The summed E-state index contributed by atoms with van der Waals surface area (Å²) in [4.78, 5) is 21.0. The number of benzene rings is 3. The van der Waals surface area contributed by atoms with Crippen LogP contribution in [0.15, 0.2) is 71.7 Å². The van der Waals surface area contributed by atoms with E-state index >= 15 is 0 Å². The maximum Gasteiger partial charge on any atom is 0.222 e. The summed E-state index contributed by atoms with van der Waals surface area (Å²) < 4.78 is 73.9. The zero-order valence-corrected chi connectivity index (χ0v) is 18.0. The molecule has 4 rings (SSSR count). The van der Waals surface area contributed by atoms with Crippen molar-refractivity contribution in [3.05, 3.63) is 101 Å². The standard InChI is InChI=1S/C26H15F5N2O2/c1-35-26-19(15-10-6-3-7-11-15)16(12-17(33-26)14-8-4-2-5-9-14)18(34)13-32-25-23(30)21(28)20(27)22(29)24(25)31/h2-13H,1H3. The second kappa shape index (κ2) is 9.84. The zero-order chi connectivity index (χ0) is 25.1. The largest absolute Gasteiger partial charge is 0.481 e. The van der Waals surface area contributed by atoms with Crippen LogP contribution in [0.25, 0.3) is 22.4 Å². The van der Waals surface area contributed by atoms with E-state index in [9.17, 15) is 26.7 Å². The molecule has 176 valence electrons. The molecule has 0 amide bonds. The number of ether oxygens (including phenoxy) is 1. The molecular weight excluding hydrogens is 467 g/mol. The summed E-state index contributed by atoms with van der Waals surface area (Å²) in [5.41, 5.74) is 0.340. The fraction of sp³-hybridized carbons (Fsp3) is 0.0385. The van der Waals surface area contributed by atoms with Crippen LogP contribution >= 0.6 is 0 Å². The number of nitrogens with zero attached hydrogens (tertiary/aromatic N) is 2. The van der Waals surface area contributed by atoms with E-state index in [1.807, 2.05) is 0 Å². The highest BCUT2D eigenvalue weighted by Gasteiger charge is 2.26. The third-order valence-corrected chi connectivity index (χ3v) is 5.07.